The first-order valence-electron chi connectivity index (χ1n) is 7.84. The molecule has 1 aliphatic carbocycles. The molecule has 1 heterocycles. The van der Waals surface area contributed by atoms with Gasteiger partial charge in [-0.1, -0.05) is 0 Å². The van der Waals surface area contributed by atoms with Crippen molar-refractivity contribution in [1.29, 1.82) is 0 Å². The monoisotopic (exact) mass is 297 g/mol. The molecule has 2 fully saturated rings. The van der Waals surface area contributed by atoms with Crippen molar-refractivity contribution in [3.8, 4) is 0 Å². The van der Waals surface area contributed by atoms with Crippen LogP contribution in [0.1, 0.15) is 46.5 Å². The molecular formula is C15H27N3O3. The molecule has 1 saturated heterocycles. The molecule has 2 rings (SSSR count). The van der Waals surface area contributed by atoms with E-state index in [0.717, 1.165) is 25.8 Å². The van der Waals surface area contributed by atoms with E-state index in [1.807, 2.05) is 20.8 Å². The average Bonchev–Trinajstić information content (AvgIpc) is 3.07. The van der Waals surface area contributed by atoms with Crippen LogP contribution in [0.25, 0.3) is 0 Å². The van der Waals surface area contributed by atoms with Crippen molar-refractivity contribution >= 4 is 12.0 Å². The van der Waals surface area contributed by atoms with Gasteiger partial charge in [0, 0.05) is 31.6 Å². The van der Waals surface area contributed by atoms with Crippen LogP contribution in [0.2, 0.25) is 0 Å². The van der Waals surface area contributed by atoms with E-state index in [0.29, 0.717) is 31.6 Å². The van der Waals surface area contributed by atoms with Gasteiger partial charge in [-0.15, -0.1) is 0 Å². The van der Waals surface area contributed by atoms with Gasteiger partial charge in [-0.3, -0.25) is 4.79 Å². The molecule has 6 heteroatoms. The number of hydrogen-bond donors (Lipinski definition) is 2. The van der Waals surface area contributed by atoms with Crippen LogP contribution in [0.3, 0.4) is 0 Å². The minimum absolute atomic E-state index is 0.156. The Morgan fingerprint density at radius 1 is 1.19 bits per heavy atom. The van der Waals surface area contributed by atoms with Crippen LogP contribution in [0.15, 0.2) is 0 Å². The molecular weight excluding hydrogens is 270 g/mol. The third-order valence-corrected chi connectivity index (χ3v) is 3.49. The van der Waals surface area contributed by atoms with Gasteiger partial charge in [0.1, 0.15) is 5.60 Å². The van der Waals surface area contributed by atoms with Crippen molar-refractivity contribution in [3.63, 3.8) is 0 Å². The Morgan fingerprint density at radius 2 is 1.86 bits per heavy atom. The van der Waals surface area contributed by atoms with Gasteiger partial charge in [0.05, 0.1) is 0 Å². The lowest BCUT2D eigenvalue weighted by molar-refractivity contribution is -0.121. The zero-order valence-corrected chi connectivity index (χ0v) is 13.3. The third-order valence-electron chi connectivity index (χ3n) is 3.49. The summed E-state index contributed by atoms with van der Waals surface area (Å²) in [7, 11) is 0. The average molecular weight is 297 g/mol. The van der Waals surface area contributed by atoms with Gasteiger partial charge >= 0.3 is 6.09 Å². The highest BCUT2D eigenvalue weighted by molar-refractivity contribution is 5.76. The summed E-state index contributed by atoms with van der Waals surface area (Å²) in [6.07, 6.45) is 3.43. The smallest absolute Gasteiger partial charge is 0.410 e. The number of rotatable bonds is 6. The molecule has 0 aromatic rings. The number of hydrogen-bond acceptors (Lipinski definition) is 4. The summed E-state index contributed by atoms with van der Waals surface area (Å²) in [5, 5.41) is 6.34. The van der Waals surface area contributed by atoms with Crippen molar-refractivity contribution in [2.75, 3.05) is 19.6 Å². The first-order chi connectivity index (χ1) is 9.83. The van der Waals surface area contributed by atoms with Crippen LogP contribution in [0, 0.1) is 0 Å². The Labute approximate surface area is 126 Å². The molecule has 1 aliphatic heterocycles. The Bertz CT molecular complexity index is 382. The normalized spacial score (nSPS) is 19.1. The summed E-state index contributed by atoms with van der Waals surface area (Å²) in [6, 6.07) is 0.767. The topological polar surface area (TPSA) is 70.7 Å². The van der Waals surface area contributed by atoms with Gasteiger partial charge in [0.15, 0.2) is 0 Å². The standard InChI is InChI=1S/C15H27N3O3/c1-15(2,3)21-14(20)18-9-12(10-18)16-8-4-5-13(19)17-11-6-7-11/h11-12,16H,4-10H2,1-3H3,(H,17,19). The maximum Gasteiger partial charge on any atom is 0.410 e. The SMILES string of the molecule is CC(C)(C)OC(=O)N1CC(NCCCC(=O)NC2CC2)C1. The van der Waals surface area contributed by atoms with Crippen LogP contribution in [0.5, 0.6) is 0 Å². The second kappa shape index (κ2) is 6.64. The molecule has 0 aromatic carbocycles. The van der Waals surface area contributed by atoms with Gasteiger partial charge in [-0.25, -0.2) is 4.79 Å². The number of amides is 2. The summed E-state index contributed by atoms with van der Waals surface area (Å²) in [6.45, 7) is 7.78. The van der Waals surface area contributed by atoms with Crippen molar-refractivity contribution in [1.82, 2.24) is 15.5 Å². The predicted octanol–water partition coefficient (Wildman–Crippen LogP) is 1.25. The van der Waals surface area contributed by atoms with Crippen molar-refractivity contribution in [2.45, 2.75) is 64.1 Å². The lowest BCUT2D eigenvalue weighted by Crippen LogP contribution is -2.60. The lowest BCUT2D eigenvalue weighted by Gasteiger charge is -2.40. The first-order valence-corrected chi connectivity index (χ1v) is 7.84. The summed E-state index contributed by atoms with van der Waals surface area (Å²) in [5.41, 5.74) is -0.440. The second-order valence-corrected chi connectivity index (χ2v) is 6.98. The molecule has 2 amide bonds. The lowest BCUT2D eigenvalue weighted by atomic mass is 10.1. The number of carbonyl (C=O) groups is 2. The molecule has 0 spiro atoms. The molecule has 2 N–H and O–H groups in total. The summed E-state index contributed by atoms with van der Waals surface area (Å²) in [4.78, 5) is 24.9. The number of nitrogens with one attached hydrogen (secondary N) is 2. The highest BCUT2D eigenvalue weighted by Crippen LogP contribution is 2.18. The summed E-state index contributed by atoms with van der Waals surface area (Å²) < 4.78 is 5.30. The quantitative estimate of drug-likeness (QED) is 0.724. The van der Waals surface area contributed by atoms with Gasteiger partial charge in [0.25, 0.3) is 0 Å². The second-order valence-electron chi connectivity index (χ2n) is 6.98. The number of likely N-dealkylation sites (tertiary alicyclic amines) is 1. The van der Waals surface area contributed by atoms with E-state index in [2.05, 4.69) is 10.6 Å². The number of carbonyl (C=O) groups excluding carboxylic acids is 2. The van der Waals surface area contributed by atoms with Crippen molar-refractivity contribution in [2.24, 2.45) is 0 Å². The minimum Gasteiger partial charge on any atom is -0.444 e. The highest BCUT2D eigenvalue weighted by Gasteiger charge is 2.33. The Hall–Kier alpha value is -1.30. The zero-order valence-electron chi connectivity index (χ0n) is 13.3. The predicted molar refractivity (Wildman–Crippen MR) is 80.0 cm³/mol. The van der Waals surface area contributed by atoms with Crippen LogP contribution >= 0.6 is 0 Å². The fourth-order valence-corrected chi connectivity index (χ4v) is 2.17. The summed E-state index contributed by atoms with van der Waals surface area (Å²) in [5.74, 6) is 0.156. The molecule has 6 nitrogen and oxygen atoms in total. The maximum absolute atomic E-state index is 11.7. The Morgan fingerprint density at radius 3 is 2.43 bits per heavy atom. The number of ether oxygens (including phenoxy) is 1. The molecule has 120 valence electrons. The van der Waals surface area contributed by atoms with E-state index in [9.17, 15) is 9.59 Å². The van der Waals surface area contributed by atoms with Crippen LogP contribution < -0.4 is 10.6 Å². The van der Waals surface area contributed by atoms with E-state index in [-0.39, 0.29) is 12.0 Å². The Kier molecular flexibility index (Phi) is 5.08. The molecule has 0 aromatic heterocycles. The van der Waals surface area contributed by atoms with Gasteiger partial charge in [-0.2, -0.15) is 0 Å². The molecule has 0 radical (unpaired) electrons. The third kappa shape index (κ3) is 5.91. The fourth-order valence-electron chi connectivity index (χ4n) is 2.17. The van der Waals surface area contributed by atoms with E-state index < -0.39 is 5.60 Å². The summed E-state index contributed by atoms with van der Waals surface area (Å²) >= 11 is 0. The van der Waals surface area contributed by atoms with E-state index in [4.69, 9.17) is 4.74 Å². The highest BCUT2D eigenvalue weighted by atomic mass is 16.6. The van der Waals surface area contributed by atoms with Crippen LogP contribution in [0.4, 0.5) is 4.79 Å². The van der Waals surface area contributed by atoms with E-state index >= 15 is 0 Å². The molecule has 0 bridgehead atoms. The first kappa shape index (κ1) is 16.1. The van der Waals surface area contributed by atoms with Crippen LogP contribution in [-0.2, 0) is 9.53 Å². The molecule has 21 heavy (non-hydrogen) atoms. The fraction of sp³-hybridized carbons (Fsp3) is 0.867. The van der Waals surface area contributed by atoms with Gasteiger partial charge < -0.3 is 20.3 Å². The largest absolute Gasteiger partial charge is 0.444 e. The number of nitrogens with zero attached hydrogens (tertiary/aromatic N) is 1. The maximum atomic E-state index is 11.7. The van der Waals surface area contributed by atoms with Crippen molar-refractivity contribution < 1.29 is 14.3 Å². The van der Waals surface area contributed by atoms with Crippen molar-refractivity contribution in [3.05, 3.63) is 0 Å². The zero-order chi connectivity index (χ0) is 15.5. The molecule has 1 saturated carbocycles. The molecule has 0 atom stereocenters. The Balaban J connectivity index is 1.48. The van der Waals surface area contributed by atoms with Gasteiger partial charge in [-0.05, 0) is 46.6 Å². The van der Waals surface area contributed by atoms with Crippen LogP contribution in [-0.4, -0.2) is 54.2 Å². The minimum atomic E-state index is -0.440. The molecule has 0 unspecified atom stereocenters. The molecule has 2 aliphatic rings. The van der Waals surface area contributed by atoms with E-state index in [1.165, 1.54) is 0 Å². The van der Waals surface area contributed by atoms with E-state index in [1.54, 1.807) is 4.90 Å². The van der Waals surface area contributed by atoms with Gasteiger partial charge in [0.2, 0.25) is 5.91 Å².